The van der Waals surface area contributed by atoms with E-state index < -0.39 is 0 Å². The van der Waals surface area contributed by atoms with Crippen molar-refractivity contribution in [2.45, 2.75) is 65.5 Å². The highest BCUT2D eigenvalue weighted by Gasteiger charge is 2.36. The summed E-state index contributed by atoms with van der Waals surface area (Å²) in [6, 6.07) is 9.41. The summed E-state index contributed by atoms with van der Waals surface area (Å²) in [4.78, 5) is 27.1. The normalized spacial score (nSPS) is 19.2. The molecule has 1 aromatic carbocycles. The number of hydrazine groups is 1. The van der Waals surface area contributed by atoms with Crippen molar-refractivity contribution < 1.29 is 9.59 Å². The van der Waals surface area contributed by atoms with E-state index in [1.54, 1.807) is 0 Å². The molecule has 2 aliphatic rings. The van der Waals surface area contributed by atoms with Crippen molar-refractivity contribution in [2.75, 3.05) is 53.9 Å². The zero-order chi connectivity index (χ0) is 26.4. The molecule has 0 aliphatic carbocycles. The van der Waals surface area contributed by atoms with Gasteiger partial charge in [0.25, 0.3) is 0 Å². The monoisotopic (exact) mass is 487 g/mol. The Bertz CT molecular complexity index is 765. The van der Waals surface area contributed by atoms with Gasteiger partial charge < -0.3 is 19.6 Å². The van der Waals surface area contributed by atoms with E-state index in [1.807, 2.05) is 46.7 Å². The Balaban J connectivity index is 0.00000145. The van der Waals surface area contributed by atoms with E-state index in [1.165, 1.54) is 36.1 Å². The summed E-state index contributed by atoms with van der Waals surface area (Å²) in [6.45, 7) is 14.3. The maximum atomic E-state index is 12.8. The lowest BCUT2D eigenvalue weighted by atomic mass is 10.0. The number of hydrogen-bond acceptors (Lipinski definition) is 6. The number of hydrogen-bond donors (Lipinski definition) is 1. The first kappa shape index (κ1) is 30.8. The van der Waals surface area contributed by atoms with Crippen LogP contribution in [0.15, 0.2) is 36.0 Å². The van der Waals surface area contributed by atoms with Crippen LogP contribution in [-0.4, -0.2) is 92.3 Å². The Morgan fingerprint density at radius 3 is 2.34 bits per heavy atom. The second-order valence-corrected chi connectivity index (χ2v) is 9.48. The third kappa shape index (κ3) is 9.74. The number of likely N-dealkylation sites (N-methyl/N-ethyl adjacent to an activating group) is 2. The molecule has 0 aromatic heterocycles. The van der Waals surface area contributed by atoms with Crippen LogP contribution in [0.3, 0.4) is 0 Å². The van der Waals surface area contributed by atoms with E-state index >= 15 is 0 Å². The molecule has 1 fully saturated rings. The van der Waals surface area contributed by atoms with Crippen LogP contribution < -0.4 is 5.43 Å². The first-order valence-electron chi connectivity index (χ1n) is 13.1. The molecule has 1 saturated heterocycles. The van der Waals surface area contributed by atoms with Crippen molar-refractivity contribution in [2.24, 2.45) is 0 Å². The second-order valence-electron chi connectivity index (χ2n) is 9.48. The highest BCUT2D eigenvalue weighted by atomic mass is 16.2. The predicted molar refractivity (Wildman–Crippen MR) is 146 cm³/mol. The number of fused-ring (bicyclic) bond motifs is 1. The van der Waals surface area contributed by atoms with Crippen LogP contribution in [0.2, 0.25) is 0 Å². The average molecular weight is 488 g/mol. The van der Waals surface area contributed by atoms with E-state index in [4.69, 9.17) is 4.79 Å². The van der Waals surface area contributed by atoms with Crippen LogP contribution in [0.5, 0.6) is 0 Å². The summed E-state index contributed by atoms with van der Waals surface area (Å²) >= 11 is 0. The van der Waals surface area contributed by atoms with Gasteiger partial charge in [-0.1, -0.05) is 69.9 Å². The molecular weight excluding hydrogens is 438 g/mol. The van der Waals surface area contributed by atoms with Crippen LogP contribution in [0.25, 0.3) is 0 Å². The van der Waals surface area contributed by atoms with Gasteiger partial charge in [0.2, 0.25) is 5.91 Å². The molecule has 3 rings (SSSR count). The van der Waals surface area contributed by atoms with Crippen LogP contribution in [0.1, 0.15) is 63.6 Å². The molecule has 1 aromatic rings. The first-order valence-corrected chi connectivity index (χ1v) is 13.1. The van der Waals surface area contributed by atoms with Gasteiger partial charge in [-0.05, 0) is 39.1 Å². The van der Waals surface area contributed by atoms with Crippen LogP contribution in [0, 0.1) is 6.92 Å². The maximum Gasteiger partial charge on any atom is 0.236 e. The summed E-state index contributed by atoms with van der Waals surface area (Å²) in [5.74, 6) is 0.212. The number of aryl methyl sites for hydroxylation is 1. The minimum absolute atomic E-state index is 0.211. The standard InChI is InChI=1S/C25H41N5O.C2H6.CH2O/c1-6-7-8-9-22-17-29(19-25(31)28(5)15-14-27(3)4)18-23-16-24(26-30(22)23)21-12-10-20(2)11-13-21;2*1-2/h10-13,16,22,24,26H,6-9,14-15,17-19H2,1-5H3;1-2H3;1H2. The molecule has 1 N–H and O–H groups in total. The van der Waals surface area contributed by atoms with Crippen molar-refractivity contribution in [3.05, 3.63) is 47.2 Å². The minimum atomic E-state index is 0.211. The van der Waals surface area contributed by atoms with Crippen LogP contribution >= 0.6 is 0 Å². The van der Waals surface area contributed by atoms with Gasteiger partial charge in [-0.25, -0.2) is 5.43 Å². The van der Waals surface area contributed by atoms with Crippen molar-refractivity contribution in [3.8, 4) is 0 Å². The van der Waals surface area contributed by atoms with Crippen LogP contribution in [0.4, 0.5) is 0 Å². The lowest BCUT2D eigenvalue weighted by Gasteiger charge is -2.42. The fourth-order valence-corrected chi connectivity index (χ4v) is 4.39. The quantitative estimate of drug-likeness (QED) is 0.506. The molecular formula is C28H49N5O2. The molecule has 1 amide bonds. The fourth-order valence-electron chi connectivity index (χ4n) is 4.39. The first-order chi connectivity index (χ1) is 16.9. The van der Waals surface area contributed by atoms with Crippen molar-refractivity contribution in [1.82, 2.24) is 25.1 Å². The Morgan fingerprint density at radius 1 is 1.09 bits per heavy atom. The molecule has 2 atom stereocenters. The number of unbranched alkanes of at least 4 members (excludes halogenated alkanes) is 2. The summed E-state index contributed by atoms with van der Waals surface area (Å²) in [7, 11) is 6.01. The van der Waals surface area contributed by atoms with E-state index in [2.05, 4.69) is 64.4 Å². The number of rotatable bonds is 10. The van der Waals surface area contributed by atoms with Gasteiger partial charge in [0.05, 0.1) is 18.6 Å². The summed E-state index contributed by atoms with van der Waals surface area (Å²) in [5.41, 5.74) is 7.64. The molecule has 2 heterocycles. The number of carbonyl (C=O) groups is 2. The molecule has 7 heteroatoms. The number of benzene rings is 1. The Hall–Kier alpha value is -2.22. The number of carbonyl (C=O) groups excluding carboxylic acids is 2. The molecule has 0 spiro atoms. The lowest BCUT2D eigenvalue weighted by Crippen LogP contribution is -2.56. The smallest absolute Gasteiger partial charge is 0.236 e. The van der Waals surface area contributed by atoms with Gasteiger partial charge in [-0.2, -0.15) is 0 Å². The van der Waals surface area contributed by atoms with Crippen molar-refractivity contribution >= 4 is 12.7 Å². The van der Waals surface area contributed by atoms with E-state index in [0.717, 1.165) is 32.6 Å². The van der Waals surface area contributed by atoms with E-state index in [-0.39, 0.29) is 11.9 Å². The Labute approximate surface area is 214 Å². The topological polar surface area (TPSA) is 59.1 Å². The number of nitrogens with zero attached hydrogens (tertiary/aromatic N) is 4. The highest BCUT2D eigenvalue weighted by Crippen LogP contribution is 2.31. The second kappa shape index (κ2) is 16.5. The van der Waals surface area contributed by atoms with Crippen molar-refractivity contribution in [3.63, 3.8) is 0 Å². The third-order valence-electron chi connectivity index (χ3n) is 6.41. The molecule has 0 bridgehead atoms. The summed E-state index contributed by atoms with van der Waals surface area (Å²) in [5, 5.41) is 2.40. The molecule has 0 radical (unpaired) electrons. The zero-order valence-electron chi connectivity index (χ0n) is 23.2. The van der Waals surface area contributed by atoms with E-state index in [9.17, 15) is 4.79 Å². The summed E-state index contributed by atoms with van der Waals surface area (Å²) in [6.07, 6.45) is 7.22. The number of piperazine rings is 1. The minimum Gasteiger partial charge on any atom is -0.343 e. The van der Waals surface area contributed by atoms with Gasteiger partial charge >= 0.3 is 0 Å². The van der Waals surface area contributed by atoms with E-state index in [0.29, 0.717) is 12.6 Å². The van der Waals surface area contributed by atoms with Gasteiger partial charge in [0, 0.05) is 38.9 Å². The molecule has 7 nitrogen and oxygen atoms in total. The lowest BCUT2D eigenvalue weighted by molar-refractivity contribution is -0.131. The Morgan fingerprint density at radius 2 is 1.74 bits per heavy atom. The summed E-state index contributed by atoms with van der Waals surface area (Å²) < 4.78 is 0. The predicted octanol–water partition coefficient (Wildman–Crippen LogP) is 3.87. The molecule has 2 aliphatic heterocycles. The number of amides is 1. The number of nitrogens with one attached hydrogen (secondary N) is 1. The zero-order valence-corrected chi connectivity index (χ0v) is 23.2. The molecule has 35 heavy (non-hydrogen) atoms. The largest absolute Gasteiger partial charge is 0.343 e. The average Bonchev–Trinajstić information content (AvgIpc) is 3.30. The van der Waals surface area contributed by atoms with Crippen LogP contribution in [-0.2, 0) is 9.59 Å². The van der Waals surface area contributed by atoms with Gasteiger partial charge in [-0.15, -0.1) is 0 Å². The van der Waals surface area contributed by atoms with Crippen molar-refractivity contribution in [1.29, 1.82) is 0 Å². The van der Waals surface area contributed by atoms with Gasteiger partial charge in [0.15, 0.2) is 0 Å². The SMILES string of the molecule is C=O.CC.CCCCCC1CN(CC(=O)N(C)CCN(C)C)CC2=CC(c3ccc(C)cc3)NN21. The molecule has 0 saturated carbocycles. The Kier molecular flexibility index (Phi) is 14.5. The van der Waals surface area contributed by atoms with Gasteiger partial charge in [0.1, 0.15) is 6.79 Å². The third-order valence-corrected chi connectivity index (χ3v) is 6.41. The highest BCUT2D eigenvalue weighted by molar-refractivity contribution is 5.78. The van der Waals surface area contributed by atoms with Gasteiger partial charge in [-0.3, -0.25) is 9.69 Å². The fraction of sp³-hybridized carbons (Fsp3) is 0.643. The molecule has 2 unspecified atom stereocenters. The molecule has 198 valence electrons. The maximum absolute atomic E-state index is 12.8.